The van der Waals surface area contributed by atoms with Crippen LogP contribution in [0.3, 0.4) is 0 Å². The van der Waals surface area contributed by atoms with Gasteiger partial charge in [0.2, 0.25) is 0 Å². The molecule has 3 nitrogen and oxygen atoms in total. The summed E-state index contributed by atoms with van der Waals surface area (Å²) in [5, 5.41) is 0. The Labute approximate surface area is 158 Å². The Morgan fingerprint density at radius 1 is 0.880 bits per heavy atom. The lowest BCUT2D eigenvalue weighted by atomic mass is 9.95. The number of rotatable bonds is 5. The van der Waals surface area contributed by atoms with Crippen molar-refractivity contribution in [3.05, 3.63) is 58.1 Å². The molecule has 2 aliphatic heterocycles. The fourth-order valence-corrected chi connectivity index (χ4v) is 4.30. The van der Waals surface area contributed by atoms with Crippen molar-refractivity contribution >= 4 is 27.3 Å². The standard InChI is InChI=1S/C21H25BrN2O/c22-19-7-8-21-18(16-19)15-17-5-1-2-6-20(17)24(21)10-4-3-9-23-11-13-25-14-12-23/h1-2,5-8,16H,3-4,9-15H2. The number of halogens is 1. The molecule has 0 spiro atoms. The maximum absolute atomic E-state index is 5.44. The minimum Gasteiger partial charge on any atom is -0.379 e. The van der Waals surface area contributed by atoms with Gasteiger partial charge in [0.15, 0.2) is 0 Å². The second kappa shape index (κ2) is 7.90. The molecule has 0 unspecified atom stereocenters. The van der Waals surface area contributed by atoms with Gasteiger partial charge in [0.05, 0.1) is 13.2 Å². The highest BCUT2D eigenvalue weighted by atomic mass is 79.9. The van der Waals surface area contributed by atoms with Gasteiger partial charge in [0.25, 0.3) is 0 Å². The topological polar surface area (TPSA) is 15.7 Å². The summed E-state index contributed by atoms with van der Waals surface area (Å²) in [7, 11) is 0. The number of hydrogen-bond donors (Lipinski definition) is 0. The molecule has 2 heterocycles. The third-order valence-corrected chi connectivity index (χ3v) is 5.70. The van der Waals surface area contributed by atoms with Gasteiger partial charge in [-0.2, -0.15) is 0 Å². The van der Waals surface area contributed by atoms with Crippen molar-refractivity contribution in [2.24, 2.45) is 0 Å². The second-order valence-corrected chi connectivity index (χ2v) is 7.81. The van der Waals surface area contributed by atoms with E-state index in [-0.39, 0.29) is 0 Å². The average molecular weight is 401 g/mol. The zero-order chi connectivity index (χ0) is 17.1. The third-order valence-electron chi connectivity index (χ3n) is 5.21. The lowest BCUT2D eigenvalue weighted by Gasteiger charge is -2.34. The molecule has 4 rings (SSSR count). The van der Waals surface area contributed by atoms with E-state index >= 15 is 0 Å². The number of hydrogen-bond acceptors (Lipinski definition) is 3. The molecule has 2 aromatic carbocycles. The van der Waals surface area contributed by atoms with Crippen LogP contribution in [-0.2, 0) is 11.2 Å². The van der Waals surface area contributed by atoms with Crippen molar-refractivity contribution in [1.82, 2.24) is 4.90 Å². The van der Waals surface area contributed by atoms with Gasteiger partial charge >= 0.3 is 0 Å². The summed E-state index contributed by atoms with van der Waals surface area (Å²) in [6.45, 7) is 6.22. The summed E-state index contributed by atoms with van der Waals surface area (Å²) in [5.41, 5.74) is 5.60. The Bertz CT molecular complexity index is 728. The molecule has 0 saturated carbocycles. The van der Waals surface area contributed by atoms with Crippen LogP contribution in [0.4, 0.5) is 11.4 Å². The van der Waals surface area contributed by atoms with Crippen LogP contribution in [0.25, 0.3) is 0 Å². The van der Waals surface area contributed by atoms with Crippen molar-refractivity contribution in [2.75, 3.05) is 44.3 Å². The smallest absolute Gasteiger partial charge is 0.0594 e. The summed E-state index contributed by atoms with van der Waals surface area (Å²) in [6.07, 6.45) is 3.47. The van der Waals surface area contributed by atoms with E-state index in [1.165, 1.54) is 41.9 Å². The van der Waals surface area contributed by atoms with E-state index in [9.17, 15) is 0 Å². The van der Waals surface area contributed by atoms with E-state index in [2.05, 4.69) is 68.2 Å². The molecule has 1 fully saturated rings. The third kappa shape index (κ3) is 3.91. The lowest BCUT2D eigenvalue weighted by Crippen LogP contribution is -2.37. The van der Waals surface area contributed by atoms with Crippen LogP contribution < -0.4 is 4.90 Å². The molecule has 0 atom stereocenters. The zero-order valence-electron chi connectivity index (χ0n) is 14.6. The number of fused-ring (bicyclic) bond motifs is 2. The molecule has 0 aliphatic carbocycles. The molecule has 0 aromatic heterocycles. The Hall–Kier alpha value is -1.36. The van der Waals surface area contributed by atoms with Crippen LogP contribution in [0.5, 0.6) is 0 Å². The fraction of sp³-hybridized carbons (Fsp3) is 0.429. The van der Waals surface area contributed by atoms with Crippen molar-refractivity contribution in [2.45, 2.75) is 19.3 Å². The van der Waals surface area contributed by atoms with Crippen molar-refractivity contribution in [1.29, 1.82) is 0 Å². The van der Waals surface area contributed by atoms with E-state index in [0.29, 0.717) is 0 Å². The molecule has 1 saturated heterocycles. The first-order valence-electron chi connectivity index (χ1n) is 9.25. The van der Waals surface area contributed by atoms with Crippen LogP contribution >= 0.6 is 15.9 Å². The number of anilines is 2. The molecule has 0 radical (unpaired) electrons. The molecule has 2 aromatic rings. The predicted molar refractivity (Wildman–Crippen MR) is 107 cm³/mol. The molecular weight excluding hydrogens is 376 g/mol. The molecule has 2 aliphatic rings. The summed E-state index contributed by atoms with van der Waals surface area (Å²) in [6, 6.07) is 15.5. The average Bonchev–Trinajstić information content (AvgIpc) is 2.65. The normalized spacial score (nSPS) is 17.2. The minimum absolute atomic E-state index is 0.891. The van der Waals surface area contributed by atoms with Gasteiger partial charge in [-0.15, -0.1) is 0 Å². The first-order valence-corrected chi connectivity index (χ1v) is 10.0. The van der Waals surface area contributed by atoms with E-state index in [4.69, 9.17) is 4.74 Å². The molecule has 4 heteroatoms. The monoisotopic (exact) mass is 400 g/mol. The number of benzene rings is 2. The maximum Gasteiger partial charge on any atom is 0.0594 e. The minimum atomic E-state index is 0.891. The number of unbranched alkanes of at least 4 members (excludes halogenated alkanes) is 1. The second-order valence-electron chi connectivity index (χ2n) is 6.89. The van der Waals surface area contributed by atoms with Gasteiger partial charge in [0, 0.05) is 41.9 Å². The first-order chi connectivity index (χ1) is 12.3. The van der Waals surface area contributed by atoms with Crippen LogP contribution in [0.1, 0.15) is 24.0 Å². The molecule has 0 amide bonds. The predicted octanol–water partition coefficient (Wildman–Crippen LogP) is 4.60. The van der Waals surface area contributed by atoms with Gasteiger partial charge in [-0.25, -0.2) is 0 Å². The SMILES string of the molecule is Brc1ccc2c(c1)Cc1ccccc1N2CCCCN1CCOCC1. The van der Waals surface area contributed by atoms with Crippen LogP contribution in [0.15, 0.2) is 46.9 Å². The quantitative estimate of drug-likeness (QED) is 0.681. The Morgan fingerprint density at radius 2 is 1.64 bits per heavy atom. The van der Waals surface area contributed by atoms with Gasteiger partial charge < -0.3 is 9.64 Å². The highest BCUT2D eigenvalue weighted by Crippen LogP contribution is 2.39. The molecule has 25 heavy (non-hydrogen) atoms. The Kier molecular flexibility index (Phi) is 5.39. The van der Waals surface area contributed by atoms with E-state index in [1.807, 2.05) is 0 Å². The largest absolute Gasteiger partial charge is 0.379 e. The Morgan fingerprint density at radius 3 is 2.52 bits per heavy atom. The zero-order valence-corrected chi connectivity index (χ0v) is 16.2. The van der Waals surface area contributed by atoms with Gasteiger partial charge in [-0.1, -0.05) is 34.1 Å². The van der Waals surface area contributed by atoms with Gasteiger partial charge in [-0.05, 0) is 54.8 Å². The number of nitrogens with zero attached hydrogens (tertiary/aromatic N) is 2. The maximum atomic E-state index is 5.44. The fourth-order valence-electron chi connectivity index (χ4n) is 3.89. The van der Waals surface area contributed by atoms with E-state index in [1.54, 1.807) is 0 Å². The number of ether oxygens (including phenoxy) is 1. The number of para-hydroxylation sites is 1. The summed E-state index contributed by atoms with van der Waals surface area (Å²) in [5.74, 6) is 0. The number of morpholine rings is 1. The summed E-state index contributed by atoms with van der Waals surface area (Å²) < 4.78 is 6.60. The molecular formula is C21H25BrN2O. The van der Waals surface area contributed by atoms with Crippen molar-refractivity contribution in [3.8, 4) is 0 Å². The van der Waals surface area contributed by atoms with Crippen LogP contribution in [0, 0.1) is 0 Å². The van der Waals surface area contributed by atoms with Gasteiger partial charge in [0.1, 0.15) is 0 Å². The lowest BCUT2D eigenvalue weighted by molar-refractivity contribution is 0.0373. The molecule has 132 valence electrons. The van der Waals surface area contributed by atoms with E-state index < -0.39 is 0 Å². The molecule has 0 N–H and O–H groups in total. The van der Waals surface area contributed by atoms with E-state index in [0.717, 1.165) is 43.7 Å². The summed E-state index contributed by atoms with van der Waals surface area (Å²) in [4.78, 5) is 5.04. The highest BCUT2D eigenvalue weighted by Gasteiger charge is 2.22. The van der Waals surface area contributed by atoms with Crippen molar-refractivity contribution in [3.63, 3.8) is 0 Å². The van der Waals surface area contributed by atoms with Gasteiger partial charge in [-0.3, -0.25) is 4.90 Å². The van der Waals surface area contributed by atoms with Crippen LogP contribution in [0.2, 0.25) is 0 Å². The molecule has 0 bridgehead atoms. The summed E-state index contributed by atoms with van der Waals surface area (Å²) >= 11 is 3.62. The Balaban J connectivity index is 1.45. The highest BCUT2D eigenvalue weighted by molar-refractivity contribution is 9.10. The van der Waals surface area contributed by atoms with Crippen LogP contribution in [-0.4, -0.2) is 44.3 Å². The first kappa shape index (κ1) is 17.1. The van der Waals surface area contributed by atoms with Crippen molar-refractivity contribution < 1.29 is 4.74 Å².